The average Bonchev–Trinajstić information content (AvgIpc) is 2.69. The molecule has 0 saturated carbocycles. The third-order valence-corrected chi connectivity index (χ3v) is 3.97. The normalized spacial score (nSPS) is 10.8. The Morgan fingerprint density at radius 2 is 1.42 bits per heavy atom. The summed E-state index contributed by atoms with van der Waals surface area (Å²) in [6.45, 7) is 4.49. The van der Waals surface area contributed by atoms with Crippen LogP contribution in [0.5, 0.6) is 11.5 Å². The molecular formula is C21H20O5. The summed E-state index contributed by atoms with van der Waals surface area (Å²) in [4.78, 5) is 10.9. The molecule has 0 aliphatic carbocycles. The summed E-state index contributed by atoms with van der Waals surface area (Å²) in [7, 11) is 0. The van der Waals surface area contributed by atoms with Crippen LogP contribution in [0.2, 0.25) is 0 Å². The molecule has 0 heterocycles. The second kappa shape index (κ2) is 8.36. The van der Waals surface area contributed by atoms with Crippen LogP contribution in [0, 0.1) is 0 Å². The maximum absolute atomic E-state index is 10.9. The van der Waals surface area contributed by atoms with Crippen molar-refractivity contribution in [1.82, 2.24) is 0 Å². The van der Waals surface area contributed by atoms with Crippen molar-refractivity contribution in [2.45, 2.75) is 0 Å². The number of aromatic hydroxyl groups is 1. The van der Waals surface area contributed by atoms with E-state index in [1.165, 1.54) is 0 Å². The van der Waals surface area contributed by atoms with Crippen LogP contribution in [-0.4, -0.2) is 37.5 Å². The number of ether oxygens (including phenoxy) is 3. The zero-order valence-corrected chi connectivity index (χ0v) is 14.3. The van der Waals surface area contributed by atoms with Gasteiger partial charge in [0, 0.05) is 27.6 Å². The molecule has 3 rings (SSSR count). The lowest BCUT2D eigenvalue weighted by atomic mass is 10.0. The molecule has 5 heteroatoms. The SMILES string of the molecule is C=CC(=O)OCCOCCOc1c2ccccc2c(O)c2ccccc12. The second-order valence-corrected chi connectivity index (χ2v) is 5.60. The number of carbonyl (C=O) groups is 1. The Morgan fingerprint density at radius 3 is 2.00 bits per heavy atom. The molecule has 0 unspecified atom stereocenters. The first-order valence-electron chi connectivity index (χ1n) is 8.34. The van der Waals surface area contributed by atoms with E-state index in [-0.39, 0.29) is 12.4 Å². The Balaban J connectivity index is 1.70. The van der Waals surface area contributed by atoms with E-state index >= 15 is 0 Å². The maximum atomic E-state index is 10.9. The van der Waals surface area contributed by atoms with Crippen LogP contribution < -0.4 is 4.74 Å². The molecule has 0 spiro atoms. The molecule has 0 bridgehead atoms. The molecule has 134 valence electrons. The standard InChI is InChI=1S/C21H20O5/c1-2-19(22)25-13-11-24-12-14-26-21-17-9-5-3-7-15(17)20(23)16-8-4-6-10-18(16)21/h2-10,23H,1,11-14H2. The zero-order valence-electron chi connectivity index (χ0n) is 14.3. The van der Waals surface area contributed by atoms with E-state index in [2.05, 4.69) is 6.58 Å². The fourth-order valence-electron chi connectivity index (χ4n) is 2.79. The minimum Gasteiger partial charge on any atom is -0.507 e. The van der Waals surface area contributed by atoms with Crippen molar-refractivity contribution >= 4 is 27.5 Å². The molecule has 0 aliphatic rings. The van der Waals surface area contributed by atoms with E-state index in [9.17, 15) is 9.90 Å². The molecule has 0 aliphatic heterocycles. The number of hydrogen-bond acceptors (Lipinski definition) is 5. The largest absolute Gasteiger partial charge is 0.507 e. The van der Waals surface area contributed by atoms with Gasteiger partial charge in [0.2, 0.25) is 0 Å². The molecule has 0 amide bonds. The predicted octanol–water partition coefficient (Wildman–Crippen LogP) is 3.82. The van der Waals surface area contributed by atoms with Gasteiger partial charge in [-0.3, -0.25) is 0 Å². The van der Waals surface area contributed by atoms with Gasteiger partial charge in [-0.2, -0.15) is 0 Å². The van der Waals surface area contributed by atoms with Crippen molar-refractivity contribution in [3.05, 3.63) is 61.2 Å². The Kier molecular flexibility index (Phi) is 5.71. The molecule has 0 saturated heterocycles. The van der Waals surface area contributed by atoms with Crippen molar-refractivity contribution in [1.29, 1.82) is 0 Å². The van der Waals surface area contributed by atoms with Gasteiger partial charge in [-0.15, -0.1) is 0 Å². The Bertz CT molecular complexity index is 875. The van der Waals surface area contributed by atoms with Gasteiger partial charge < -0.3 is 19.3 Å². The van der Waals surface area contributed by atoms with Gasteiger partial charge in [-0.05, 0) is 0 Å². The fraction of sp³-hybridized carbons (Fsp3) is 0.190. The lowest BCUT2D eigenvalue weighted by molar-refractivity contribution is -0.139. The minimum absolute atomic E-state index is 0.177. The van der Waals surface area contributed by atoms with Crippen LogP contribution in [0.25, 0.3) is 21.5 Å². The first-order valence-corrected chi connectivity index (χ1v) is 8.34. The van der Waals surface area contributed by atoms with Gasteiger partial charge in [-0.1, -0.05) is 55.1 Å². The van der Waals surface area contributed by atoms with E-state index in [4.69, 9.17) is 14.2 Å². The van der Waals surface area contributed by atoms with Gasteiger partial charge in [0.25, 0.3) is 0 Å². The Labute approximate surface area is 151 Å². The smallest absolute Gasteiger partial charge is 0.330 e. The molecule has 3 aromatic rings. The molecule has 1 N–H and O–H groups in total. The van der Waals surface area contributed by atoms with Crippen LogP contribution >= 0.6 is 0 Å². The van der Waals surface area contributed by atoms with Crippen LogP contribution in [0.15, 0.2) is 61.2 Å². The molecule has 0 atom stereocenters. The van der Waals surface area contributed by atoms with Crippen LogP contribution in [-0.2, 0) is 14.3 Å². The van der Waals surface area contributed by atoms with Crippen LogP contribution in [0.4, 0.5) is 0 Å². The summed E-state index contributed by atoms with van der Waals surface area (Å²) < 4.78 is 16.2. The highest BCUT2D eigenvalue weighted by atomic mass is 16.6. The zero-order chi connectivity index (χ0) is 18.4. The van der Waals surface area contributed by atoms with Crippen molar-refractivity contribution in [2.24, 2.45) is 0 Å². The first kappa shape index (κ1) is 17.8. The van der Waals surface area contributed by atoms with E-state index in [0.717, 1.165) is 33.4 Å². The number of carbonyl (C=O) groups excluding carboxylic acids is 1. The minimum atomic E-state index is -0.466. The van der Waals surface area contributed by atoms with Gasteiger partial charge in [0.1, 0.15) is 24.7 Å². The quantitative estimate of drug-likeness (QED) is 0.289. The molecule has 5 nitrogen and oxygen atoms in total. The van der Waals surface area contributed by atoms with Gasteiger partial charge >= 0.3 is 5.97 Å². The lowest BCUT2D eigenvalue weighted by Crippen LogP contribution is -2.12. The second-order valence-electron chi connectivity index (χ2n) is 5.60. The number of hydrogen-bond donors (Lipinski definition) is 1. The maximum Gasteiger partial charge on any atom is 0.330 e. The van der Waals surface area contributed by atoms with E-state index < -0.39 is 5.97 Å². The van der Waals surface area contributed by atoms with Crippen LogP contribution in [0.1, 0.15) is 0 Å². The molecule has 0 fully saturated rings. The van der Waals surface area contributed by atoms with Gasteiger partial charge in [0.05, 0.1) is 13.2 Å². The summed E-state index contributed by atoms with van der Waals surface area (Å²) in [6.07, 6.45) is 1.12. The monoisotopic (exact) mass is 352 g/mol. The first-order chi connectivity index (χ1) is 12.7. The third kappa shape index (κ3) is 3.78. The number of fused-ring (bicyclic) bond motifs is 2. The van der Waals surface area contributed by atoms with Gasteiger partial charge in [0.15, 0.2) is 0 Å². The summed E-state index contributed by atoms with van der Waals surface area (Å²) in [5, 5.41) is 13.7. The summed E-state index contributed by atoms with van der Waals surface area (Å²) in [6, 6.07) is 15.2. The molecule has 3 aromatic carbocycles. The molecule has 26 heavy (non-hydrogen) atoms. The molecular weight excluding hydrogens is 332 g/mol. The topological polar surface area (TPSA) is 65.0 Å². The fourth-order valence-corrected chi connectivity index (χ4v) is 2.79. The summed E-state index contributed by atoms with van der Waals surface area (Å²) >= 11 is 0. The van der Waals surface area contributed by atoms with Crippen molar-refractivity contribution in [3.63, 3.8) is 0 Å². The van der Waals surface area contributed by atoms with Crippen molar-refractivity contribution in [3.8, 4) is 11.5 Å². The van der Waals surface area contributed by atoms with Gasteiger partial charge in [-0.25, -0.2) is 4.79 Å². The summed E-state index contributed by atoms with van der Waals surface area (Å²) in [5.74, 6) is 0.506. The highest BCUT2D eigenvalue weighted by Gasteiger charge is 2.13. The van der Waals surface area contributed by atoms with Crippen LogP contribution in [0.3, 0.4) is 0 Å². The predicted molar refractivity (Wildman–Crippen MR) is 101 cm³/mol. The average molecular weight is 352 g/mol. The lowest BCUT2D eigenvalue weighted by Gasteiger charge is -2.15. The summed E-state index contributed by atoms with van der Waals surface area (Å²) in [5.41, 5.74) is 0. The van der Waals surface area contributed by atoms with Crippen molar-refractivity contribution < 1.29 is 24.1 Å². The highest BCUT2D eigenvalue weighted by molar-refractivity contribution is 6.10. The van der Waals surface area contributed by atoms with E-state index in [1.54, 1.807) is 0 Å². The number of rotatable bonds is 8. The van der Waals surface area contributed by atoms with Crippen molar-refractivity contribution in [2.75, 3.05) is 26.4 Å². The Morgan fingerprint density at radius 1 is 0.885 bits per heavy atom. The van der Waals surface area contributed by atoms with E-state index in [1.807, 2.05) is 48.5 Å². The highest BCUT2D eigenvalue weighted by Crippen LogP contribution is 2.41. The third-order valence-electron chi connectivity index (χ3n) is 3.97. The molecule has 0 radical (unpaired) electrons. The number of esters is 1. The number of benzene rings is 3. The number of phenols is 1. The molecule has 0 aromatic heterocycles. The Hall–Kier alpha value is -3.05. The van der Waals surface area contributed by atoms with E-state index in [0.29, 0.717) is 19.8 Å². The number of phenolic OH excluding ortho intramolecular Hbond substituents is 1.